The van der Waals surface area contributed by atoms with E-state index in [0.29, 0.717) is 48.8 Å². The number of carbonyl (C=O) groups is 1. The number of benzene rings is 1. The summed E-state index contributed by atoms with van der Waals surface area (Å²) < 4.78 is 29.9. The zero-order valence-electron chi connectivity index (χ0n) is 16.8. The number of carbonyl (C=O) groups excluding carboxylic acids is 1. The maximum absolute atomic E-state index is 12.8. The number of hydrogen-bond donors (Lipinski definition) is 1. The maximum atomic E-state index is 12.8. The molecule has 2 N–H and O–H groups in total. The minimum absolute atomic E-state index is 0.00521. The first-order chi connectivity index (χ1) is 15.3. The van der Waals surface area contributed by atoms with Crippen molar-refractivity contribution in [3.8, 4) is 17.0 Å². The zero-order valence-corrected chi connectivity index (χ0v) is 17.5. The molecule has 3 heterocycles. The molecule has 1 amide bonds. The summed E-state index contributed by atoms with van der Waals surface area (Å²) in [5.74, 6) is 0.143. The van der Waals surface area contributed by atoms with Crippen LogP contribution in [0.15, 0.2) is 55.1 Å². The van der Waals surface area contributed by atoms with Gasteiger partial charge in [0, 0.05) is 61.4 Å². The summed E-state index contributed by atoms with van der Waals surface area (Å²) in [6.07, 6.45) is 6.30. The second kappa shape index (κ2) is 8.91. The number of halogens is 3. The van der Waals surface area contributed by atoms with Crippen molar-refractivity contribution in [1.29, 1.82) is 0 Å². The number of amides is 1. The molecule has 0 saturated carbocycles. The van der Waals surface area contributed by atoms with E-state index in [1.165, 1.54) is 18.3 Å². The third-order valence-electron chi connectivity index (χ3n) is 4.98. The fourth-order valence-electron chi connectivity index (χ4n) is 3.41. The van der Waals surface area contributed by atoms with E-state index in [1.807, 2.05) is 0 Å². The van der Waals surface area contributed by atoms with Crippen molar-refractivity contribution >= 4 is 29.0 Å². The van der Waals surface area contributed by atoms with Crippen LogP contribution in [0.2, 0.25) is 0 Å². The molecule has 11 heteroatoms. The van der Waals surface area contributed by atoms with Gasteiger partial charge in [0.25, 0.3) is 0 Å². The van der Waals surface area contributed by atoms with Crippen LogP contribution in [0.3, 0.4) is 0 Å². The van der Waals surface area contributed by atoms with Crippen LogP contribution in [0.4, 0.5) is 20.3 Å². The minimum atomic E-state index is -3.74. The first kappa shape index (κ1) is 21.7. The van der Waals surface area contributed by atoms with Crippen LogP contribution in [0.25, 0.3) is 11.3 Å². The summed E-state index contributed by atoms with van der Waals surface area (Å²) in [7, 11) is 0. The molecule has 8 nitrogen and oxygen atoms in total. The number of aromatic nitrogens is 3. The van der Waals surface area contributed by atoms with Crippen LogP contribution in [-0.4, -0.2) is 52.6 Å². The molecule has 0 radical (unpaired) electrons. The molecule has 1 fully saturated rings. The summed E-state index contributed by atoms with van der Waals surface area (Å²) >= 11 is 4.80. The third-order valence-corrected chi connectivity index (χ3v) is 5.06. The van der Waals surface area contributed by atoms with Gasteiger partial charge in [0.1, 0.15) is 11.6 Å². The molecule has 3 aromatic rings. The van der Waals surface area contributed by atoms with Gasteiger partial charge in [-0.15, -0.1) is 8.78 Å². The van der Waals surface area contributed by atoms with Crippen LogP contribution in [0.1, 0.15) is 10.4 Å². The molecule has 1 saturated heterocycles. The fraction of sp³-hybridized carbons (Fsp3) is 0.238. The van der Waals surface area contributed by atoms with E-state index in [9.17, 15) is 13.6 Å². The SMILES string of the molecule is NC(=O)c1cncc(-c2cncc(N3CCN(c4ccc(OC(F)(F)Cl)cc4)CC3)n2)c1. The van der Waals surface area contributed by atoms with Gasteiger partial charge in [0.15, 0.2) is 0 Å². The Balaban J connectivity index is 1.42. The van der Waals surface area contributed by atoms with Gasteiger partial charge in [0.05, 0.1) is 23.7 Å². The average molecular weight is 461 g/mol. The Morgan fingerprint density at radius 1 is 1.00 bits per heavy atom. The van der Waals surface area contributed by atoms with Gasteiger partial charge in [-0.1, -0.05) is 0 Å². The number of pyridine rings is 1. The van der Waals surface area contributed by atoms with Gasteiger partial charge in [-0.05, 0) is 30.3 Å². The molecule has 32 heavy (non-hydrogen) atoms. The Bertz CT molecular complexity index is 1100. The Kier molecular flexibility index (Phi) is 6.04. The lowest BCUT2D eigenvalue weighted by molar-refractivity contribution is -0.0964. The molecule has 4 rings (SSSR count). The predicted octanol–water partition coefficient (Wildman–Crippen LogP) is 3.13. The highest BCUT2D eigenvalue weighted by Crippen LogP contribution is 2.28. The van der Waals surface area contributed by atoms with E-state index in [0.717, 1.165) is 5.69 Å². The molecule has 1 aliphatic heterocycles. The highest BCUT2D eigenvalue weighted by molar-refractivity contribution is 6.20. The second-order valence-electron chi connectivity index (χ2n) is 7.10. The smallest absolute Gasteiger partial charge is 0.420 e. The number of ether oxygens (including phenoxy) is 1. The molecular formula is C21H19ClF2N6O2. The van der Waals surface area contributed by atoms with E-state index in [-0.39, 0.29) is 5.75 Å². The van der Waals surface area contributed by atoms with Crippen LogP contribution in [0, 0.1) is 0 Å². The first-order valence-corrected chi connectivity index (χ1v) is 10.1. The van der Waals surface area contributed by atoms with Crippen molar-refractivity contribution in [3.63, 3.8) is 0 Å². The lowest BCUT2D eigenvalue weighted by Gasteiger charge is -2.36. The number of nitrogens with two attached hydrogens (primary N) is 1. The Morgan fingerprint density at radius 2 is 1.66 bits per heavy atom. The zero-order chi connectivity index (χ0) is 22.7. The lowest BCUT2D eigenvalue weighted by Crippen LogP contribution is -2.46. The van der Waals surface area contributed by atoms with Crippen molar-refractivity contribution in [2.24, 2.45) is 5.73 Å². The number of primary amides is 1. The number of alkyl halides is 3. The highest BCUT2D eigenvalue weighted by atomic mass is 35.5. The average Bonchev–Trinajstić information content (AvgIpc) is 2.79. The van der Waals surface area contributed by atoms with E-state index >= 15 is 0 Å². The number of rotatable bonds is 6. The molecule has 2 aromatic heterocycles. The van der Waals surface area contributed by atoms with E-state index in [1.54, 1.807) is 36.8 Å². The van der Waals surface area contributed by atoms with Gasteiger partial charge in [-0.2, -0.15) is 0 Å². The van der Waals surface area contributed by atoms with Crippen molar-refractivity contribution in [3.05, 3.63) is 60.7 Å². The predicted molar refractivity (Wildman–Crippen MR) is 116 cm³/mol. The topological polar surface area (TPSA) is 97.5 Å². The molecule has 0 bridgehead atoms. The quantitative estimate of drug-likeness (QED) is 0.564. The van der Waals surface area contributed by atoms with E-state index < -0.39 is 11.5 Å². The van der Waals surface area contributed by atoms with Crippen molar-refractivity contribution in [2.45, 2.75) is 5.57 Å². The largest absolute Gasteiger partial charge is 0.487 e. The number of piperazine rings is 1. The standard InChI is InChI=1S/C21H19ClF2N6O2/c22-21(23,24)32-17-3-1-16(2-4-17)29-5-7-30(8-6-29)19-13-27-12-18(28-19)14-9-15(20(25)31)11-26-10-14/h1-4,9-13H,5-8H2,(H2,25,31). The van der Waals surface area contributed by atoms with Crippen LogP contribution >= 0.6 is 11.6 Å². The van der Waals surface area contributed by atoms with Crippen molar-refractivity contribution < 1.29 is 18.3 Å². The van der Waals surface area contributed by atoms with Gasteiger partial charge in [-0.3, -0.25) is 14.8 Å². The fourth-order valence-corrected chi connectivity index (χ4v) is 3.50. The van der Waals surface area contributed by atoms with Crippen molar-refractivity contribution in [1.82, 2.24) is 15.0 Å². The molecule has 1 aromatic carbocycles. The maximum Gasteiger partial charge on any atom is 0.487 e. The molecule has 166 valence electrons. The van der Waals surface area contributed by atoms with Crippen molar-refractivity contribution in [2.75, 3.05) is 36.0 Å². The van der Waals surface area contributed by atoms with Crippen LogP contribution < -0.4 is 20.3 Å². The van der Waals surface area contributed by atoms with Crippen LogP contribution in [0.5, 0.6) is 5.75 Å². The Hall–Kier alpha value is -3.53. The molecule has 1 aliphatic rings. The molecule has 0 atom stereocenters. The number of nitrogens with zero attached hydrogens (tertiary/aromatic N) is 5. The lowest BCUT2D eigenvalue weighted by atomic mass is 10.1. The highest BCUT2D eigenvalue weighted by Gasteiger charge is 2.27. The Labute approximate surface area is 187 Å². The van der Waals surface area contributed by atoms with Crippen LogP contribution in [-0.2, 0) is 0 Å². The summed E-state index contributed by atoms with van der Waals surface area (Å²) in [4.78, 5) is 28.6. The summed E-state index contributed by atoms with van der Waals surface area (Å²) in [5.41, 5.74) is 4.03. The molecule has 0 spiro atoms. The minimum Gasteiger partial charge on any atom is -0.420 e. The monoisotopic (exact) mass is 460 g/mol. The normalized spacial score (nSPS) is 14.3. The van der Waals surface area contributed by atoms with E-state index in [4.69, 9.17) is 17.3 Å². The Morgan fingerprint density at radius 3 is 2.31 bits per heavy atom. The summed E-state index contributed by atoms with van der Waals surface area (Å²) in [6, 6.07) is 7.98. The van der Waals surface area contributed by atoms with E-state index in [2.05, 4.69) is 29.5 Å². The molecule has 0 aliphatic carbocycles. The first-order valence-electron chi connectivity index (χ1n) is 9.71. The molecular weight excluding hydrogens is 442 g/mol. The van der Waals surface area contributed by atoms with Gasteiger partial charge in [0.2, 0.25) is 5.91 Å². The van der Waals surface area contributed by atoms with Gasteiger partial charge >= 0.3 is 5.57 Å². The summed E-state index contributed by atoms with van der Waals surface area (Å²) in [5, 5.41) is 0. The van der Waals surface area contributed by atoms with Gasteiger partial charge < -0.3 is 20.3 Å². The third kappa shape index (κ3) is 5.20. The van der Waals surface area contributed by atoms with Gasteiger partial charge in [-0.25, -0.2) is 4.98 Å². The molecule has 0 unspecified atom stereocenters. The second-order valence-corrected chi connectivity index (χ2v) is 7.54. The number of anilines is 2. The number of hydrogen-bond acceptors (Lipinski definition) is 7. The summed E-state index contributed by atoms with van der Waals surface area (Å²) in [6.45, 7) is 2.79.